The van der Waals surface area contributed by atoms with Gasteiger partial charge in [0.15, 0.2) is 0 Å². The summed E-state index contributed by atoms with van der Waals surface area (Å²) >= 11 is 0. The van der Waals surface area contributed by atoms with Gasteiger partial charge in [0, 0.05) is 25.2 Å². The third kappa shape index (κ3) is 5.47. The number of piperazine rings is 1. The Balaban J connectivity index is 2.16. The summed E-state index contributed by atoms with van der Waals surface area (Å²) in [5, 5.41) is 0. The van der Waals surface area contributed by atoms with Crippen LogP contribution in [0.25, 0.3) is 0 Å². The maximum atomic E-state index is 13.1. The van der Waals surface area contributed by atoms with E-state index >= 15 is 0 Å². The number of ether oxygens (including phenoxy) is 1. The maximum absolute atomic E-state index is 13.1. The second kappa shape index (κ2) is 8.77. The van der Waals surface area contributed by atoms with Crippen LogP contribution in [0.15, 0.2) is 18.2 Å². The number of hydrogen-bond acceptors (Lipinski definition) is 3. The molecule has 1 atom stereocenters. The van der Waals surface area contributed by atoms with Crippen LogP contribution < -0.4 is 0 Å². The minimum atomic E-state index is -0.516. The molecule has 0 spiro atoms. The van der Waals surface area contributed by atoms with Gasteiger partial charge >= 0.3 is 6.09 Å². The molecule has 2 amide bonds. The van der Waals surface area contributed by atoms with Gasteiger partial charge in [-0.25, -0.2) is 4.79 Å². The van der Waals surface area contributed by atoms with Crippen LogP contribution in [-0.2, 0) is 4.74 Å². The number of hydrogen-bond donors (Lipinski definition) is 0. The molecule has 0 aliphatic carbocycles. The molecule has 0 bridgehead atoms. The summed E-state index contributed by atoms with van der Waals surface area (Å²) in [5.74, 6) is 0.0570. The Hall–Kier alpha value is -2.04. The molecule has 0 saturated carbocycles. The summed E-state index contributed by atoms with van der Waals surface area (Å²) in [5.41, 5.74) is 2.39. The standard InChI is InChI=1S/C22H34N2O3/c1-7-8-11-18-15-23(13-14-24(18)21(26)27-22(4,5)6)20(25)19-12-9-10-16(2)17(19)3/h9-10,12,18H,7-8,11,13-15H2,1-6H3/t18-/m0/s1. The lowest BCUT2D eigenvalue weighted by Crippen LogP contribution is -2.57. The van der Waals surface area contributed by atoms with Crippen molar-refractivity contribution in [2.24, 2.45) is 0 Å². The Morgan fingerprint density at radius 2 is 1.89 bits per heavy atom. The van der Waals surface area contributed by atoms with Gasteiger partial charge in [-0.1, -0.05) is 31.9 Å². The number of amides is 2. The second-order valence-corrected chi connectivity index (χ2v) is 8.47. The SMILES string of the molecule is CCCC[C@H]1CN(C(=O)c2cccc(C)c2C)CCN1C(=O)OC(C)(C)C. The van der Waals surface area contributed by atoms with Gasteiger partial charge in [-0.3, -0.25) is 4.79 Å². The number of benzene rings is 1. The zero-order valence-corrected chi connectivity index (χ0v) is 17.7. The lowest BCUT2D eigenvalue weighted by Gasteiger charge is -2.42. The molecule has 1 aliphatic rings. The summed E-state index contributed by atoms with van der Waals surface area (Å²) in [6, 6.07) is 5.85. The topological polar surface area (TPSA) is 49.9 Å². The van der Waals surface area contributed by atoms with E-state index in [9.17, 15) is 9.59 Å². The number of rotatable bonds is 4. The van der Waals surface area contributed by atoms with Crippen molar-refractivity contribution < 1.29 is 14.3 Å². The first-order valence-electron chi connectivity index (χ1n) is 9.99. The fourth-order valence-electron chi connectivity index (χ4n) is 3.44. The largest absolute Gasteiger partial charge is 0.444 e. The van der Waals surface area contributed by atoms with Crippen molar-refractivity contribution in [3.8, 4) is 0 Å². The number of carbonyl (C=O) groups excluding carboxylic acids is 2. The van der Waals surface area contributed by atoms with Crippen molar-refractivity contribution in [3.63, 3.8) is 0 Å². The molecule has 0 N–H and O–H groups in total. The summed E-state index contributed by atoms with van der Waals surface area (Å²) in [4.78, 5) is 29.4. The number of carbonyl (C=O) groups is 2. The van der Waals surface area contributed by atoms with Gasteiger partial charge in [0.05, 0.1) is 6.04 Å². The molecule has 0 unspecified atom stereocenters. The summed E-state index contributed by atoms with van der Waals surface area (Å²) in [7, 11) is 0. The zero-order valence-electron chi connectivity index (χ0n) is 17.7. The van der Waals surface area contributed by atoms with Crippen LogP contribution in [0.5, 0.6) is 0 Å². The van der Waals surface area contributed by atoms with Crippen molar-refractivity contribution in [3.05, 3.63) is 34.9 Å². The molecule has 1 saturated heterocycles. The molecule has 1 fully saturated rings. The minimum Gasteiger partial charge on any atom is -0.444 e. The Bertz CT molecular complexity index is 679. The van der Waals surface area contributed by atoms with Crippen LogP contribution in [0, 0.1) is 13.8 Å². The van der Waals surface area contributed by atoms with E-state index in [-0.39, 0.29) is 18.0 Å². The molecular weight excluding hydrogens is 340 g/mol. The summed E-state index contributed by atoms with van der Waals surface area (Å²) in [6.45, 7) is 13.4. The van der Waals surface area contributed by atoms with Gasteiger partial charge < -0.3 is 14.5 Å². The van der Waals surface area contributed by atoms with E-state index in [1.54, 1.807) is 0 Å². The van der Waals surface area contributed by atoms with E-state index in [4.69, 9.17) is 4.74 Å². The van der Waals surface area contributed by atoms with Crippen LogP contribution in [0.3, 0.4) is 0 Å². The monoisotopic (exact) mass is 374 g/mol. The first-order chi connectivity index (χ1) is 12.6. The van der Waals surface area contributed by atoms with E-state index in [1.807, 2.05) is 62.6 Å². The normalized spacial score (nSPS) is 17.8. The Kier molecular flexibility index (Phi) is 6.90. The number of aryl methyl sites for hydroxylation is 1. The van der Waals surface area contributed by atoms with E-state index in [0.29, 0.717) is 19.6 Å². The molecule has 0 aromatic heterocycles. The summed E-state index contributed by atoms with van der Waals surface area (Å²) in [6.07, 6.45) is 2.69. The predicted octanol–water partition coefficient (Wildman–Crippen LogP) is 4.56. The van der Waals surface area contributed by atoms with E-state index in [2.05, 4.69) is 6.92 Å². The lowest BCUT2D eigenvalue weighted by atomic mass is 10.0. The van der Waals surface area contributed by atoms with Crippen LogP contribution >= 0.6 is 0 Å². The molecule has 1 aromatic carbocycles. The molecule has 5 heteroatoms. The first-order valence-corrected chi connectivity index (χ1v) is 9.99. The highest BCUT2D eigenvalue weighted by Gasteiger charge is 2.35. The van der Waals surface area contributed by atoms with Gasteiger partial charge in [-0.15, -0.1) is 0 Å². The van der Waals surface area contributed by atoms with Crippen LogP contribution in [0.4, 0.5) is 4.79 Å². The number of unbranched alkanes of at least 4 members (excludes halogenated alkanes) is 1. The van der Waals surface area contributed by atoms with Crippen molar-refractivity contribution >= 4 is 12.0 Å². The van der Waals surface area contributed by atoms with Gasteiger partial charge in [-0.2, -0.15) is 0 Å². The van der Waals surface area contributed by atoms with Gasteiger partial charge in [0.2, 0.25) is 0 Å². The second-order valence-electron chi connectivity index (χ2n) is 8.47. The average Bonchev–Trinajstić information content (AvgIpc) is 2.60. The van der Waals surface area contributed by atoms with Crippen molar-refractivity contribution in [2.75, 3.05) is 19.6 Å². The fraction of sp³-hybridized carbons (Fsp3) is 0.636. The Morgan fingerprint density at radius 1 is 1.19 bits per heavy atom. The summed E-state index contributed by atoms with van der Waals surface area (Å²) < 4.78 is 5.59. The van der Waals surface area contributed by atoms with Gasteiger partial charge in [0.1, 0.15) is 5.60 Å². The fourth-order valence-corrected chi connectivity index (χ4v) is 3.44. The third-order valence-corrected chi connectivity index (χ3v) is 5.12. The molecule has 1 heterocycles. The molecule has 1 aromatic rings. The van der Waals surface area contributed by atoms with E-state index in [0.717, 1.165) is 36.0 Å². The van der Waals surface area contributed by atoms with E-state index in [1.165, 1.54) is 0 Å². The first kappa shape index (κ1) is 21.3. The maximum Gasteiger partial charge on any atom is 0.410 e. The average molecular weight is 375 g/mol. The molecule has 27 heavy (non-hydrogen) atoms. The number of nitrogens with zero attached hydrogens (tertiary/aromatic N) is 2. The predicted molar refractivity (Wildman–Crippen MR) is 108 cm³/mol. The van der Waals surface area contributed by atoms with Gasteiger partial charge in [-0.05, 0) is 58.2 Å². The highest BCUT2D eigenvalue weighted by Crippen LogP contribution is 2.22. The highest BCUT2D eigenvalue weighted by atomic mass is 16.6. The third-order valence-electron chi connectivity index (χ3n) is 5.12. The van der Waals surface area contributed by atoms with Gasteiger partial charge in [0.25, 0.3) is 5.91 Å². The van der Waals surface area contributed by atoms with Crippen molar-refractivity contribution in [1.29, 1.82) is 0 Å². The van der Waals surface area contributed by atoms with Crippen LogP contribution in [0.1, 0.15) is 68.4 Å². The lowest BCUT2D eigenvalue weighted by molar-refractivity contribution is -0.00219. The highest BCUT2D eigenvalue weighted by molar-refractivity contribution is 5.96. The minimum absolute atomic E-state index is 0.00242. The molecule has 150 valence electrons. The Morgan fingerprint density at radius 3 is 2.52 bits per heavy atom. The van der Waals surface area contributed by atoms with Crippen molar-refractivity contribution in [1.82, 2.24) is 9.80 Å². The molecule has 0 radical (unpaired) electrons. The molecule has 1 aliphatic heterocycles. The Labute approximate surface area is 163 Å². The smallest absolute Gasteiger partial charge is 0.410 e. The quantitative estimate of drug-likeness (QED) is 0.776. The van der Waals surface area contributed by atoms with Crippen molar-refractivity contribution in [2.45, 2.75) is 72.4 Å². The molecule has 5 nitrogen and oxygen atoms in total. The molecule has 2 rings (SSSR count). The van der Waals surface area contributed by atoms with Crippen LogP contribution in [-0.4, -0.2) is 53.1 Å². The van der Waals surface area contributed by atoms with E-state index < -0.39 is 5.60 Å². The van der Waals surface area contributed by atoms with Crippen LogP contribution in [0.2, 0.25) is 0 Å². The zero-order chi connectivity index (χ0) is 20.2. The molecular formula is C22H34N2O3.